The van der Waals surface area contributed by atoms with Crippen LogP contribution in [0.4, 0.5) is 4.39 Å². The zero-order chi connectivity index (χ0) is 18.0. The summed E-state index contributed by atoms with van der Waals surface area (Å²) >= 11 is 0. The molecule has 4 heteroatoms. The lowest BCUT2D eigenvalue weighted by Gasteiger charge is -2.40. The minimum absolute atomic E-state index is 0.162. The van der Waals surface area contributed by atoms with Gasteiger partial charge in [-0.15, -0.1) is 0 Å². The molecule has 4 rings (SSSR count). The minimum atomic E-state index is -0.162. The summed E-state index contributed by atoms with van der Waals surface area (Å²) in [7, 11) is 0. The van der Waals surface area contributed by atoms with Gasteiger partial charge < -0.3 is 5.11 Å². The van der Waals surface area contributed by atoms with Gasteiger partial charge in [-0.1, -0.05) is 24.3 Å². The molecule has 2 aliphatic rings. The number of rotatable bonds is 4. The SMILES string of the molecule is Oc1ccc(CN2CCC3(CCCN(Cc4ccc(F)cc4)C3)C2)cc1. The maximum atomic E-state index is 13.1. The summed E-state index contributed by atoms with van der Waals surface area (Å²) in [5.74, 6) is 0.167. The number of piperidine rings is 1. The van der Waals surface area contributed by atoms with E-state index < -0.39 is 0 Å². The number of benzene rings is 2. The zero-order valence-electron chi connectivity index (χ0n) is 15.2. The Hall–Kier alpha value is -1.91. The third-order valence-corrected chi connectivity index (χ3v) is 5.92. The van der Waals surface area contributed by atoms with E-state index in [2.05, 4.69) is 9.80 Å². The Labute approximate surface area is 155 Å². The van der Waals surface area contributed by atoms with Gasteiger partial charge in [-0.25, -0.2) is 4.39 Å². The number of aromatic hydroxyl groups is 1. The summed E-state index contributed by atoms with van der Waals surface area (Å²) < 4.78 is 13.1. The number of halogens is 1. The van der Waals surface area contributed by atoms with Crippen LogP contribution in [0.2, 0.25) is 0 Å². The van der Waals surface area contributed by atoms with Gasteiger partial charge in [0.05, 0.1) is 0 Å². The first-order chi connectivity index (χ1) is 12.6. The van der Waals surface area contributed by atoms with Crippen LogP contribution < -0.4 is 0 Å². The quantitative estimate of drug-likeness (QED) is 0.898. The van der Waals surface area contributed by atoms with E-state index in [1.807, 2.05) is 24.3 Å². The fraction of sp³-hybridized carbons (Fsp3) is 0.455. The lowest BCUT2D eigenvalue weighted by Crippen LogP contribution is -2.44. The molecule has 1 spiro atoms. The molecule has 3 nitrogen and oxygen atoms in total. The van der Waals surface area contributed by atoms with Gasteiger partial charge in [0, 0.05) is 26.2 Å². The summed E-state index contributed by atoms with van der Waals surface area (Å²) in [4.78, 5) is 5.09. The molecule has 0 amide bonds. The van der Waals surface area contributed by atoms with Crippen molar-refractivity contribution in [1.29, 1.82) is 0 Å². The second-order valence-electron chi connectivity index (χ2n) is 8.07. The molecule has 0 radical (unpaired) electrons. The molecule has 0 aromatic heterocycles. The standard InChI is InChI=1S/C22H27FN2O/c23-20-6-2-18(3-7-20)14-24-12-1-10-22(16-24)11-13-25(17-22)15-19-4-8-21(26)9-5-19/h2-9,26H,1,10-17H2. The van der Waals surface area contributed by atoms with Crippen LogP contribution in [0.25, 0.3) is 0 Å². The number of phenols is 1. The van der Waals surface area contributed by atoms with Crippen LogP contribution in [0.15, 0.2) is 48.5 Å². The highest BCUT2D eigenvalue weighted by atomic mass is 19.1. The van der Waals surface area contributed by atoms with Crippen molar-refractivity contribution in [2.24, 2.45) is 5.41 Å². The normalized spacial score (nSPS) is 24.3. The van der Waals surface area contributed by atoms with Crippen molar-refractivity contribution in [3.63, 3.8) is 0 Å². The van der Waals surface area contributed by atoms with E-state index in [4.69, 9.17) is 0 Å². The first-order valence-corrected chi connectivity index (χ1v) is 9.57. The summed E-state index contributed by atoms with van der Waals surface area (Å²) in [5, 5.41) is 9.44. The number of hydrogen-bond donors (Lipinski definition) is 1. The summed E-state index contributed by atoms with van der Waals surface area (Å²) in [5.41, 5.74) is 2.86. The van der Waals surface area contributed by atoms with Crippen LogP contribution in [0, 0.1) is 11.2 Å². The summed E-state index contributed by atoms with van der Waals surface area (Å²) in [6, 6.07) is 14.5. The highest BCUT2D eigenvalue weighted by molar-refractivity contribution is 5.26. The largest absolute Gasteiger partial charge is 0.508 e. The number of phenolic OH excluding ortho intramolecular Hbond substituents is 1. The van der Waals surface area contributed by atoms with E-state index in [0.29, 0.717) is 11.2 Å². The highest BCUT2D eigenvalue weighted by Crippen LogP contribution is 2.39. The first-order valence-electron chi connectivity index (χ1n) is 9.57. The van der Waals surface area contributed by atoms with E-state index in [1.165, 1.54) is 30.4 Å². The van der Waals surface area contributed by atoms with Gasteiger partial charge in [0.2, 0.25) is 0 Å². The fourth-order valence-corrected chi connectivity index (χ4v) is 4.65. The molecule has 0 bridgehead atoms. The molecule has 0 saturated carbocycles. The van der Waals surface area contributed by atoms with Gasteiger partial charge >= 0.3 is 0 Å². The second-order valence-corrected chi connectivity index (χ2v) is 8.07. The molecule has 2 aromatic carbocycles. The predicted molar refractivity (Wildman–Crippen MR) is 101 cm³/mol. The smallest absolute Gasteiger partial charge is 0.123 e. The van der Waals surface area contributed by atoms with Gasteiger partial charge in [-0.3, -0.25) is 9.80 Å². The van der Waals surface area contributed by atoms with Crippen molar-refractivity contribution >= 4 is 0 Å². The predicted octanol–water partition coefficient (Wildman–Crippen LogP) is 4.02. The van der Waals surface area contributed by atoms with E-state index in [1.54, 1.807) is 24.3 Å². The number of hydrogen-bond acceptors (Lipinski definition) is 3. The van der Waals surface area contributed by atoms with Crippen LogP contribution in [-0.4, -0.2) is 41.1 Å². The number of likely N-dealkylation sites (tertiary alicyclic amines) is 2. The van der Waals surface area contributed by atoms with E-state index >= 15 is 0 Å². The molecule has 2 fully saturated rings. The van der Waals surface area contributed by atoms with Crippen LogP contribution in [-0.2, 0) is 13.1 Å². The molecular formula is C22H27FN2O. The van der Waals surface area contributed by atoms with Crippen LogP contribution in [0.1, 0.15) is 30.4 Å². The Morgan fingerprint density at radius 3 is 2.04 bits per heavy atom. The Bertz CT molecular complexity index is 731. The molecule has 26 heavy (non-hydrogen) atoms. The molecule has 1 atom stereocenters. The molecule has 1 N–H and O–H groups in total. The Morgan fingerprint density at radius 2 is 1.38 bits per heavy atom. The van der Waals surface area contributed by atoms with E-state index in [-0.39, 0.29) is 5.82 Å². The summed E-state index contributed by atoms with van der Waals surface area (Å²) in [6.07, 6.45) is 3.80. The maximum absolute atomic E-state index is 13.1. The Balaban J connectivity index is 1.36. The first kappa shape index (κ1) is 17.5. The molecule has 2 saturated heterocycles. The topological polar surface area (TPSA) is 26.7 Å². The minimum Gasteiger partial charge on any atom is -0.508 e. The van der Waals surface area contributed by atoms with Gasteiger partial charge in [0.15, 0.2) is 0 Å². The zero-order valence-corrected chi connectivity index (χ0v) is 15.2. The van der Waals surface area contributed by atoms with E-state index in [0.717, 1.165) is 39.3 Å². The van der Waals surface area contributed by atoms with Crippen molar-refractivity contribution in [1.82, 2.24) is 9.80 Å². The lowest BCUT2D eigenvalue weighted by molar-refractivity contribution is 0.0866. The van der Waals surface area contributed by atoms with Crippen molar-refractivity contribution in [3.8, 4) is 5.75 Å². The van der Waals surface area contributed by atoms with Gasteiger partial charge in [0.1, 0.15) is 11.6 Å². The molecule has 2 aromatic rings. The van der Waals surface area contributed by atoms with Crippen LogP contribution in [0.5, 0.6) is 5.75 Å². The molecular weight excluding hydrogens is 327 g/mol. The van der Waals surface area contributed by atoms with Crippen LogP contribution >= 0.6 is 0 Å². The Morgan fingerprint density at radius 1 is 0.808 bits per heavy atom. The summed E-state index contributed by atoms with van der Waals surface area (Å²) in [6.45, 7) is 6.44. The van der Waals surface area contributed by atoms with Gasteiger partial charge in [-0.2, -0.15) is 0 Å². The Kier molecular flexibility index (Phi) is 4.96. The third-order valence-electron chi connectivity index (χ3n) is 5.92. The molecule has 2 heterocycles. The molecule has 0 aliphatic carbocycles. The second kappa shape index (κ2) is 7.37. The molecule has 2 aliphatic heterocycles. The lowest BCUT2D eigenvalue weighted by atomic mass is 9.79. The fourth-order valence-electron chi connectivity index (χ4n) is 4.65. The highest BCUT2D eigenvalue weighted by Gasteiger charge is 2.41. The van der Waals surface area contributed by atoms with Crippen molar-refractivity contribution < 1.29 is 9.50 Å². The monoisotopic (exact) mass is 354 g/mol. The third kappa shape index (κ3) is 4.08. The van der Waals surface area contributed by atoms with Gasteiger partial charge in [0.25, 0.3) is 0 Å². The van der Waals surface area contributed by atoms with Gasteiger partial charge in [-0.05, 0) is 73.2 Å². The van der Waals surface area contributed by atoms with E-state index in [9.17, 15) is 9.50 Å². The van der Waals surface area contributed by atoms with Crippen molar-refractivity contribution in [2.75, 3.05) is 26.2 Å². The molecule has 1 unspecified atom stereocenters. The molecule has 138 valence electrons. The average Bonchev–Trinajstić information content (AvgIpc) is 3.01. The van der Waals surface area contributed by atoms with Crippen molar-refractivity contribution in [2.45, 2.75) is 32.4 Å². The maximum Gasteiger partial charge on any atom is 0.123 e. The number of nitrogens with zero attached hydrogens (tertiary/aromatic N) is 2. The van der Waals surface area contributed by atoms with Crippen molar-refractivity contribution in [3.05, 3.63) is 65.5 Å². The van der Waals surface area contributed by atoms with Crippen LogP contribution in [0.3, 0.4) is 0 Å². The average molecular weight is 354 g/mol.